The van der Waals surface area contributed by atoms with Gasteiger partial charge in [0.05, 0.1) is 28.4 Å². The number of benzene rings is 1. The zero-order valence-corrected chi connectivity index (χ0v) is 13.1. The summed E-state index contributed by atoms with van der Waals surface area (Å²) in [6.07, 6.45) is -0.0332. The van der Waals surface area contributed by atoms with Gasteiger partial charge >= 0.3 is 0 Å². The Morgan fingerprint density at radius 2 is 2.32 bits per heavy atom. The van der Waals surface area contributed by atoms with E-state index in [4.69, 9.17) is 21.6 Å². The van der Waals surface area contributed by atoms with E-state index in [1.54, 1.807) is 19.2 Å². The maximum absolute atomic E-state index is 10.1. The second kappa shape index (κ2) is 5.86. The van der Waals surface area contributed by atoms with Gasteiger partial charge in [0.15, 0.2) is 0 Å². The number of nitriles is 1. The normalized spacial score (nSPS) is 29.4. The smallest absolute Gasteiger partial charge is 0.148 e. The third kappa shape index (κ3) is 2.36. The van der Waals surface area contributed by atoms with Crippen LogP contribution in [-0.2, 0) is 4.74 Å². The number of nitrogens with one attached hydrogen (secondary N) is 1. The Balaban J connectivity index is 1.96. The first kappa shape index (κ1) is 15.3. The number of ether oxygens (including phenoxy) is 1. The van der Waals surface area contributed by atoms with Gasteiger partial charge in [-0.25, -0.2) is 10.0 Å². The van der Waals surface area contributed by atoms with Crippen molar-refractivity contribution in [2.45, 2.75) is 31.6 Å². The van der Waals surface area contributed by atoms with Crippen molar-refractivity contribution in [2.75, 3.05) is 13.7 Å². The molecule has 0 radical (unpaired) electrons. The van der Waals surface area contributed by atoms with Gasteiger partial charge < -0.3 is 15.3 Å². The lowest BCUT2D eigenvalue weighted by atomic mass is 10.1. The number of fused-ring (bicyclic) bond motifs is 1. The van der Waals surface area contributed by atoms with E-state index in [2.05, 4.69) is 16.5 Å². The van der Waals surface area contributed by atoms with E-state index in [9.17, 15) is 5.11 Å². The quantitative estimate of drug-likeness (QED) is 0.863. The van der Waals surface area contributed by atoms with Crippen LogP contribution >= 0.6 is 11.6 Å². The lowest BCUT2D eigenvalue weighted by Crippen LogP contribution is -2.39. The molecular weight excluding hydrogens is 304 g/mol. The Morgan fingerprint density at radius 3 is 3.00 bits per heavy atom. The lowest BCUT2D eigenvalue weighted by molar-refractivity contribution is 0.0396. The predicted molar refractivity (Wildman–Crippen MR) is 83.0 cm³/mol. The highest BCUT2D eigenvalue weighted by molar-refractivity contribution is 6.32. The molecule has 0 spiro atoms. The summed E-state index contributed by atoms with van der Waals surface area (Å²) in [4.78, 5) is 4.60. The number of aliphatic hydroxyl groups is 1. The molecule has 3 atom stereocenters. The Kier molecular flexibility index (Phi) is 4.06. The van der Waals surface area contributed by atoms with Crippen molar-refractivity contribution < 1.29 is 9.84 Å². The van der Waals surface area contributed by atoms with E-state index in [0.29, 0.717) is 28.5 Å². The van der Waals surface area contributed by atoms with Crippen LogP contribution in [0, 0.1) is 18.3 Å². The molecule has 7 heteroatoms. The minimum atomic E-state index is -0.434. The first-order valence-electron chi connectivity index (χ1n) is 7.08. The second-order valence-electron chi connectivity index (χ2n) is 5.49. The summed E-state index contributed by atoms with van der Waals surface area (Å²) in [7, 11) is 1.61. The van der Waals surface area contributed by atoms with Gasteiger partial charge in [-0.3, -0.25) is 0 Å². The number of hydrogen-bond acceptors (Lipinski definition) is 5. The SMILES string of the molecule is CO[C@@H]1C(=Nc2ccc(C#N)c(Cl)c2C)NN2CC[C@H](O)[C@@H]12. The van der Waals surface area contributed by atoms with E-state index < -0.39 is 6.10 Å². The molecule has 2 aliphatic rings. The fraction of sp³-hybridized carbons (Fsp3) is 0.467. The molecule has 0 bridgehead atoms. The summed E-state index contributed by atoms with van der Waals surface area (Å²) in [6.45, 7) is 2.58. The van der Waals surface area contributed by atoms with Gasteiger partial charge in [-0.2, -0.15) is 5.26 Å². The predicted octanol–water partition coefficient (Wildman–Crippen LogP) is 1.52. The maximum atomic E-state index is 10.1. The maximum Gasteiger partial charge on any atom is 0.148 e. The number of aliphatic imine (C=N–C) groups is 1. The topological polar surface area (TPSA) is 80.9 Å². The number of amidine groups is 1. The number of methoxy groups -OCH3 is 1. The van der Waals surface area contributed by atoms with Crippen LogP contribution in [0.4, 0.5) is 5.69 Å². The minimum absolute atomic E-state index is 0.127. The molecule has 0 unspecified atom stereocenters. The molecule has 0 aliphatic carbocycles. The van der Waals surface area contributed by atoms with E-state index >= 15 is 0 Å². The molecule has 2 aliphatic heterocycles. The first-order chi connectivity index (χ1) is 10.6. The van der Waals surface area contributed by atoms with Crippen molar-refractivity contribution in [1.82, 2.24) is 10.4 Å². The number of hydrazine groups is 1. The zero-order valence-electron chi connectivity index (χ0n) is 12.4. The van der Waals surface area contributed by atoms with Gasteiger partial charge in [-0.15, -0.1) is 0 Å². The van der Waals surface area contributed by atoms with Crippen molar-refractivity contribution in [3.05, 3.63) is 28.3 Å². The summed E-state index contributed by atoms with van der Waals surface area (Å²) >= 11 is 6.18. The van der Waals surface area contributed by atoms with E-state index in [1.165, 1.54) is 0 Å². The molecule has 22 heavy (non-hydrogen) atoms. The molecule has 2 fully saturated rings. The van der Waals surface area contributed by atoms with Crippen molar-refractivity contribution in [3.63, 3.8) is 0 Å². The average molecular weight is 321 g/mol. The summed E-state index contributed by atoms with van der Waals surface area (Å²) in [5, 5.41) is 21.4. The number of nitrogens with zero attached hydrogens (tertiary/aromatic N) is 3. The number of halogens is 1. The Hall–Kier alpha value is -1.65. The Bertz CT molecular complexity index is 670. The van der Waals surface area contributed by atoms with Crippen LogP contribution in [0.1, 0.15) is 17.5 Å². The molecule has 2 heterocycles. The number of rotatable bonds is 2. The van der Waals surface area contributed by atoms with Crippen LogP contribution in [-0.4, -0.2) is 47.9 Å². The molecule has 2 saturated heterocycles. The third-order valence-electron chi connectivity index (χ3n) is 4.23. The molecular formula is C15H17ClN4O2. The van der Waals surface area contributed by atoms with Crippen LogP contribution in [0.25, 0.3) is 0 Å². The zero-order chi connectivity index (χ0) is 15.9. The van der Waals surface area contributed by atoms with Crippen LogP contribution in [0.3, 0.4) is 0 Å². The highest BCUT2D eigenvalue weighted by atomic mass is 35.5. The standard InChI is InChI=1S/C15H17ClN4O2/c1-8-10(4-3-9(7-17)12(8)16)18-15-14(22-2)13-11(21)5-6-20(13)19-15/h3-4,11,13-14,21H,5-6H2,1-2H3,(H,18,19)/t11-,13-,14-/m0/s1. The average Bonchev–Trinajstić information content (AvgIpc) is 3.04. The summed E-state index contributed by atoms with van der Waals surface area (Å²) in [5.74, 6) is 0.648. The van der Waals surface area contributed by atoms with E-state index in [1.807, 2.05) is 11.9 Å². The third-order valence-corrected chi connectivity index (χ3v) is 4.72. The van der Waals surface area contributed by atoms with Crippen molar-refractivity contribution in [2.24, 2.45) is 4.99 Å². The molecule has 3 rings (SSSR count). The molecule has 0 amide bonds. The van der Waals surface area contributed by atoms with Crippen LogP contribution in [0.2, 0.25) is 5.02 Å². The van der Waals surface area contributed by atoms with Gasteiger partial charge in [0.25, 0.3) is 0 Å². The molecule has 1 aromatic rings. The second-order valence-corrected chi connectivity index (χ2v) is 5.87. The minimum Gasteiger partial charge on any atom is -0.391 e. The van der Waals surface area contributed by atoms with Crippen molar-refractivity contribution >= 4 is 23.1 Å². The summed E-state index contributed by atoms with van der Waals surface area (Å²) in [6, 6.07) is 5.35. The van der Waals surface area contributed by atoms with Gasteiger partial charge in [0.1, 0.15) is 18.0 Å². The monoisotopic (exact) mass is 320 g/mol. The molecule has 0 aromatic heterocycles. The van der Waals surface area contributed by atoms with Gasteiger partial charge in [-0.1, -0.05) is 11.6 Å². The molecule has 116 valence electrons. The van der Waals surface area contributed by atoms with Crippen molar-refractivity contribution in [1.29, 1.82) is 5.26 Å². The van der Waals surface area contributed by atoms with Crippen LogP contribution in [0.15, 0.2) is 17.1 Å². The molecule has 2 N–H and O–H groups in total. The Morgan fingerprint density at radius 1 is 1.55 bits per heavy atom. The highest BCUT2D eigenvalue weighted by Gasteiger charge is 2.47. The lowest BCUT2D eigenvalue weighted by Gasteiger charge is -2.19. The summed E-state index contributed by atoms with van der Waals surface area (Å²) < 4.78 is 5.52. The fourth-order valence-electron chi connectivity index (χ4n) is 3.02. The first-order valence-corrected chi connectivity index (χ1v) is 7.46. The Labute approximate surface area is 133 Å². The highest BCUT2D eigenvalue weighted by Crippen LogP contribution is 2.31. The van der Waals surface area contributed by atoms with Crippen molar-refractivity contribution in [3.8, 4) is 6.07 Å². The van der Waals surface area contributed by atoms with E-state index in [-0.39, 0.29) is 12.1 Å². The van der Waals surface area contributed by atoms with Crippen LogP contribution in [0.5, 0.6) is 0 Å². The number of hydrogen-bond donors (Lipinski definition) is 2. The molecule has 1 aromatic carbocycles. The largest absolute Gasteiger partial charge is 0.391 e. The summed E-state index contributed by atoms with van der Waals surface area (Å²) in [5.41, 5.74) is 5.06. The van der Waals surface area contributed by atoms with Gasteiger partial charge in [0, 0.05) is 13.7 Å². The molecule has 0 saturated carbocycles. The number of aliphatic hydroxyl groups excluding tert-OH is 1. The van der Waals surface area contributed by atoms with Crippen LogP contribution < -0.4 is 5.43 Å². The fourth-order valence-corrected chi connectivity index (χ4v) is 3.22. The van der Waals surface area contributed by atoms with E-state index in [0.717, 1.165) is 12.1 Å². The molecule has 6 nitrogen and oxygen atoms in total. The van der Waals surface area contributed by atoms with Gasteiger partial charge in [-0.05, 0) is 31.0 Å². The van der Waals surface area contributed by atoms with Gasteiger partial charge in [0.2, 0.25) is 0 Å².